The number of hydrogen-bond acceptors (Lipinski definition) is 5. The van der Waals surface area contributed by atoms with Crippen LogP contribution in [0.1, 0.15) is 24.1 Å². The predicted molar refractivity (Wildman–Crippen MR) is 122 cm³/mol. The first-order valence-electron chi connectivity index (χ1n) is 10.2. The summed E-state index contributed by atoms with van der Waals surface area (Å²) >= 11 is 0. The van der Waals surface area contributed by atoms with E-state index in [1.807, 2.05) is 45.3 Å². The van der Waals surface area contributed by atoms with E-state index in [4.69, 9.17) is 19.2 Å². The molecule has 2 N–H and O–H groups in total. The molecule has 0 bridgehead atoms. The Bertz CT molecular complexity index is 831. The Hall–Kier alpha value is -3.00. The number of hydrogen-bond donors (Lipinski definition) is 2. The lowest BCUT2D eigenvalue weighted by molar-refractivity contribution is 0.298. The molecule has 1 atom stereocenters. The number of rotatable bonds is 10. The smallest absolute Gasteiger partial charge is 0.203 e. The van der Waals surface area contributed by atoms with E-state index in [1.165, 1.54) is 12.1 Å². The molecule has 2 aromatic rings. The number of guanidine groups is 1. The van der Waals surface area contributed by atoms with Gasteiger partial charge in [-0.1, -0.05) is 12.1 Å². The van der Waals surface area contributed by atoms with Gasteiger partial charge in [0.1, 0.15) is 5.82 Å². The van der Waals surface area contributed by atoms with Crippen LogP contribution < -0.4 is 24.8 Å². The van der Waals surface area contributed by atoms with Crippen molar-refractivity contribution in [3.63, 3.8) is 0 Å². The van der Waals surface area contributed by atoms with Gasteiger partial charge in [0.05, 0.1) is 33.9 Å². The lowest BCUT2D eigenvalue weighted by atomic mass is 10.1. The summed E-state index contributed by atoms with van der Waals surface area (Å²) in [7, 11) is 8.75. The summed E-state index contributed by atoms with van der Waals surface area (Å²) in [6.45, 7) is 3.78. The maximum Gasteiger partial charge on any atom is 0.203 e. The van der Waals surface area contributed by atoms with Crippen molar-refractivity contribution in [3.8, 4) is 17.2 Å². The Morgan fingerprint density at radius 1 is 1.00 bits per heavy atom. The van der Waals surface area contributed by atoms with Crippen molar-refractivity contribution in [2.45, 2.75) is 19.5 Å². The van der Waals surface area contributed by atoms with Crippen LogP contribution in [0, 0.1) is 5.82 Å². The number of benzene rings is 2. The maximum absolute atomic E-state index is 13.3. The molecular formula is C23H33FN4O3. The zero-order valence-corrected chi connectivity index (χ0v) is 19.2. The normalized spacial score (nSPS) is 12.5. The Kier molecular flexibility index (Phi) is 9.40. The fourth-order valence-electron chi connectivity index (χ4n) is 3.22. The molecule has 0 amide bonds. The van der Waals surface area contributed by atoms with Crippen LogP contribution in [0.25, 0.3) is 0 Å². The van der Waals surface area contributed by atoms with Gasteiger partial charge in [0, 0.05) is 13.1 Å². The molecule has 31 heavy (non-hydrogen) atoms. The fraction of sp³-hybridized carbons (Fsp3) is 0.435. The molecule has 1 unspecified atom stereocenters. The lowest BCUT2D eigenvalue weighted by Crippen LogP contribution is -2.41. The Balaban J connectivity index is 2.16. The van der Waals surface area contributed by atoms with Gasteiger partial charge >= 0.3 is 0 Å². The number of likely N-dealkylation sites (N-methyl/N-ethyl adjacent to an activating group) is 1. The highest BCUT2D eigenvalue weighted by molar-refractivity contribution is 5.79. The van der Waals surface area contributed by atoms with Crippen LogP contribution >= 0.6 is 0 Å². The van der Waals surface area contributed by atoms with Gasteiger partial charge in [-0.05, 0) is 56.4 Å². The van der Waals surface area contributed by atoms with Gasteiger partial charge in [0.15, 0.2) is 17.5 Å². The molecule has 0 heterocycles. The summed E-state index contributed by atoms with van der Waals surface area (Å²) in [4.78, 5) is 6.78. The summed E-state index contributed by atoms with van der Waals surface area (Å²) in [5.74, 6) is 2.18. The molecule has 0 aliphatic carbocycles. The van der Waals surface area contributed by atoms with E-state index in [-0.39, 0.29) is 11.9 Å². The second-order valence-corrected chi connectivity index (χ2v) is 7.14. The molecule has 0 saturated carbocycles. The standard InChI is InChI=1S/C23H33FN4O3/c1-7-25-23(27-15-19(28(2)3)17-8-10-18(24)11-9-17)26-14-16-12-20(29-4)22(31-6)21(13-16)30-5/h8-13,19H,7,14-15H2,1-6H3,(H2,25,26,27). The van der Waals surface area contributed by atoms with Crippen molar-refractivity contribution in [1.29, 1.82) is 0 Å². The Labute approximate surface area is 184 Å². The van der Waals surface area contributed by atoms with E-state index in [2.05, 4.69) is 15.5 Å². The minimum absolute atomic E-state index is 0.0608. The van der Waals surface area contributed by atoms with Crippen LogP contribution in [0.15, 0.2) is 41.4 Å². The number of halogens is 1. The van der Waals surface area contributed by atoms with Crippen molar-refractivity contribution < 1.29 is 18.6 Å². The molecule has 0 fully saturated rings. The third-order valence-electron chi connectivity index (χ3n) is 4.83. The molecule has 2 rings (SSSR count). The monoisotopic (exact) mass is 432 g/mol. The first-order valence-corrected chi connectivity index (χ1v) is 10.2. The highest BCUT2D eigenvalue weighted by atomic mass is 19.1. The number of nitrogens with zero attached hydrogens (tertiary/aromatic N) is 2. The van der Waals surface area contributed by atoms with E-state index in [0.29, 0.717) is 36.3 Å². The van der Waals surface area contributed by atoms with Crippen molar-refractivity contribution in [2.24, 2.45) is 4.99 Å². The van der Waals surface area contributed by atoms with Crippen LogP contribution in [0.2, 0.25) is 0 Å². The van der Waals surface area contributed by atoms with Crippen molar-refractivity contribution in [1.82, 2.24) is 15.5 Å². The molecule has 170 valence electrons. The van der Waals surface area contributed by atoms with E-state index in [0.717, 1.165) is 17.7 Å². The molecule has 0 spiro atoms. The van der Waals surface area contributed by atoms with E-state index >= 15 is 0 Å². The first kappa shape index (κ1) is 24.3. The average molecular weight is 433 g/mol. The molecule has 8 heteroatoms. The second kappa shape index (κ2) is 12.0. The first-order chi connectivity index (χ1) is 14.9. The molecule has 2 aromatic carbocycles. The van der Waals surface area contributed by atoms with Crippen molar-refractivity contribution >= 4 is 5.96 Å². The Morgan fingerprint density at radius 2 is 1.61 bits per heavy atom. The van der Waals surface area contributed by atoms with Gasteiger partial charge < -0.3 is 29.7 Å². The highest BCUT2D eigenvalue weighted by Gasteiger charge is 2.16. The average Bonchev–Trinajstić information content (AvgIpc) is 2.77. The summed E-state index contributed by atoms with van der Waals surface area (Å²) in [6.07, 6.45) is 0. The topological polar surface area (TPSA) is 67.4 Å². The third kappa shape index (κ3) is 6.75. The van der Waals surface area contributed by atoms with Crippen LogP contribution in [0.5, 0.6) is 17.2 Å². The molecule has 0 radical (unpaired) electrons. The third-order valence-corrected chi connectivity index (χ3v) is 4.83. The highest BCUT2D eigenvalue weighted by Crippen LogP contribution is 2.38. The van der Waals surface area contributed by atoms with Gasteiger partial charge in [-0.2, -0.15) is 0 Å². The van der Waals surface area contributed by atoms with Gasteiger partial charge in [-0.25, -0.2) is 9.38 Å². The summed E-state index contributed by atoms with van der Waals surface area (Å²) in [6, 6.07) is 10.4. The van der Waals surface area contributed by atoms with E-state index in [9.17, 15) is 4.39 Å². The zero-order valence-electron chi connectivity index (χ0n) is 19.2. The SMILES string of the molecule is CCNC(=NCc1cc(OC)c(OC)c(OC)c1)NCC(c1ccc(F)cc1)N(C)C. The van der Waals surface area contributed by atoms with Crippen LogP contribution in [0.4, 0.5) is 4.39 Å². The van der Waals surface area contributed by atoms with Crippen LogP contribution in [-0.2, 0) is 6.54 Å². The number of methoxy groups -OCH3 is 3. The van der Waals surface area contributed by atoms with E-state index < -0.39 is 0 Å². The van der Waals surface area contributed by atoms with Gasteiger partial charge in [-0.15, -0.1) is 0 Å². The van der Waals surface area contributed by atoms with Gasteiger partial charge in [0.2, 0.25) is 5.75 Å². The van der Waals surface area contributed by atoms with Gasteiger partial charge in [0.25, 0.3) is 0 Å². The summed E-state index contributed by atoms with van der Waals surface area (Å²) in [5, 5.41) is 6.64. The molecule has 0 aromatic heterocycles. The van der Waals surface area contributed by atoms with E-state index in [1.54, 1.807) is 21.3 Å². The quantitative estimate of drug-likeness (QED) is 0.444. The number of nitrogens with one attached hydrogen (secondary N) is 2. The molecule has 0 aliphatic heterocycles. The van der Waals surface area contributed by atoms with Crippen LogP contribution in [-0.4, -0.2) is 59.4 Å². The van der Waals surface area contributed by atoms with Gasteiger partial charge in [-0.3, -0.25) is 0 Å². The lowest BCUT2D eigenvalue weighted by Gasteiger charge is -2.26. The maximum atomic E-state index is 13.3. The van der Waals surface area contributed by atoms with Crippen LogP contribution in [0.3, 0.4) is 0 Å². The summed E-state index contributed by atoms with van der Waals surface area (Å²) < 4.78 is 29.5. The molecule has 0 aliphatic rings. The minimum Gasteiger partial charge on any atom is -0.493 e. The number of ether oxygens (including phenoxy) is 3. The number of aliphatic imine (C=N–C) groups is 1. The molecular weight excluding hydrogens is 399 g/mol. The van der Waals surface area contributed by atoms with Crippen molar-refractivity contribution in [2.75, 3.05) is 48.5 Å². The second-order valence-electron chi connectivity index (χ2n) is 7.14. The summed E-state index contributed by atoms with van der Waals surface area (Å²) in [5.41, 5.74) is 1.95. The molecule has 0 saturated heterocycles. The van der Waals surface area contributed by atoms with Crippen molar-refractivity contribution in [3.05, 3.63) is 53.3 Å². The fourth-order valence-corrected chi connectivity index (χ4v) is 3.22. The largest absolute Gasteiger partial charge is 0.493 e. The Morgan fingerprint density at radius 3 is 2.10 bits per heavy atom. The molecule has 7 nitrogen and oxygen atoms in total. The predicted octanol–water partition coefficient (Wildman–Crippen LogP) is 3.21. The zero-order chi connectivity index (χ0) is 22.8. The minimum atomic E-state index is -0.241.